The third kappa shape index (κ3) is 11.3. The molecule has 0 radical (unpaired) electrons. The van der Waals surface area contributed by atoms with E-state index in [4.69, 9.17) is 18.9 Å². The first-order valence-corrected chi connectivity index (χ1v) is 17.7. The predicted octanol–water partition coefficient (Wildman–Crippen LogP) is 8.69. The molecule has 7 nitrogen and oxygen atoms in total. The summed E-state index contributed by atoms with van der Waals surface area (Å²) < 4.78 is 24.9. The Labute approximate surface area is 279 Å². The lowest BCUT2D eigenvalue weighted by Gasteiger charge is -2.30. The van der Waals surface area contributed by atoms with Crippen molar-refractivity contribution < 1.29 is 23.7 Å². The van der Waals surface area contributed by atoms with Crippen LogP contribution >= 0.6 is 0 Å². The molecule has 0 aromatic heterocycles. The number of carbonyl (C=O) groups is 1. The van der Waals surface area contributed by atoms with Gasteiger partial charge in [-0.05, 0) is 103 Å². The summed E-state index contributed by atoms with van der Waals surface area (Å²) in [7, 11) is 1.60. The van der Waals surface area contributed by atoms with Crippen molar-refractivity contribution in [1.82, 2.24) is 9.80 Å². The van der Waals surface area contributed by atoms with Crippen LogP contribution in [-0.4, -0.2) is 75.2 Å². The predicted molar refractivity (Wildman–Crippen MR) is 189 cm³/mol. The second-order valence-corrected chi connectivity index (χ2v) is 12.6. The molecular formula is C39H60N2O5. The van der Waals surface area contributed by atoms with E-state index >= 15 is 0 Å². The van der Waals surface area contributed by atoms with Gasteiger partial charge in [-0.25, -0.2) is 0 Å². The molecule has 1 unspecified atom stereocenters. The van der Waals surface area contributed by atoms with Gasteiger partial charge in [-0.1, -0.05) is 51.5 Å². The first kappa shape index (κ1) is 37.4. The number of fused-ring (bicyclic) bond motifs is 1. The number of methoxy groups -OCH3 is 1. The van der Waals surface area contributed by atoms with E-state index in [1.807, 2.05) is 30.3 Å². The van der Waals surface area contributed by atoms with Gasteiger partial charge >= 0.3 is 0 Å². The Bertz CT molecular complexity index is 1210. The number of allylic oxidation sites excluding steroid dienone is 2. The minimum absolute atomic E-state index is 0.0203. The normalized spacial score (nSPS) is 14.3. The first-order chi connectivity index (χ1) is 22.3. The fraction of sp³-hybridized carbons (Fsp3) is 0.615. The maximum atomic E-state index is 13.6. The Hall–Kier alpha value is -3.03. The van der Waals surface area contributed by atoms with E-state index in [0.717, 1.165) is 87.6 Å². The van der Waals surface area contributed by atoms with Gasteiger partial charge in [-0.2, -0.15) is 0 Å². The molecule has 0 N–H and O–H groups in total. The fourth-order valence-corrected chi connectivity index (χ4v) is 6.14. The van der Waals surface area contributed by atoms with Gasteiger partial charge in [0.15, 0.2) is 5.78 Å². The van der Waals surface area contributed by atoms with E-state index in [-0.39, 0.29) is 12.2 Å². The minimum atomic E-state index is -0.396. The SMILES string of the molecule is CCCN(CCC)CCCOc1ccc(C2CC(=O)c3c(OC)cc(OCCCN(CCC)CCC)c(CC=C(C)C)c3O2)cc1. The van der Waals surface area contributed by atoms with Crippen molar-refractivity contribution in [2.45, 2.75) is 99.0 Å². The van der Waals surface area contributed by atoms with Gasteiger partial charge in [0.2, 0.25) is 0 Å². The van der Waals surface area contributed by atoms with E-state index < -0.39 is 6.10 Å². The molecule has 0 fully saturated rings. The zero-order valence-electron chi connectivity index (χ0n) is 29.8. The molecule has 0 bridgehead atoms. The van der Waals surface area contributed by atoms with Crippen LogP contribution in [0.5, 0.6) is 23.0 Å². The standard InChI is InChI=1S/C39H60N2O5/c1-8-20-40(21-9-2)24-12-26-44-32-17-15-31(16-18-32)35-28-34(42)38-37(43-7)29-36(33(39(38)46-35)19-14-30(5)6)45-27-13-25-41(22-10-3)23-11-4/h14-18,29,35H,8-13,19-28H2,1-7H3. The first-order valence-electron chi connectivity index (χ1n) is 17.7. The van der Waals surface area contributed by atoms with Crippen LogP contribution in [0.2, 0.25) is 0 Å². The highest BCUT2D eigenvalue weighted by Crippen LogP contribution is 2.46. The lowest BCUT2D eigenvalue weighted by atomic mass is 9.92. The summed E-state index contributed by atoms with van der Waals surface area (Å²) in [5, 5.41) is 0. The van der Waals surface area contributed by atoms with E-state index in [1.54, 1.807) is 7.11 Å². The molecule has 0 amide bonds. The van der Waals surface area contributed by atoms with Crippen molar-refractivity contribution in [3.8, 4) is 23.0 Å². The van der Waals surface area contributed by atoms with Gasteiger partial charge in [-0.15, -0.1) is 0 Å². The fourth-order valence-electron chi connectivity index (χ4n) is 6.14. The minimum Gasteiger partial charge on any atom is -0.496 e. The zero-order chi connectivity index (χ0) is 33.3. The Morgan fingerprint density at radius 3 is 1.91 bits per heavy atom. The molecule has 3 rings (SSSR count). The number of ether oxygens (including phenoxy) is 4. The second-order valence-electron chi connectivity index (χ2n) is 12.6. The van der Waals surface area contributed by atoms with Crippen LogP contribution in [0.25, 0.3) is 0 Å². The summed E-state index contributed by atoms with van der Waals surface area (Å²) in [4.78, 5) is 18.7. The highest BCUT2D eigenvalue weighted by Gasteiger charge is 2.34. The molecule has 2 aromatic carbocycles. The van der Waals surface area contributed by atoms with Crippen LogP contribution in [0.4, 0.5) is 0 Å². The third-order valence-electron chi connectivity index (χ3n) is 8.33. The maximum Gasteiger partial charge on any atom is 0.174 e. The molecule has 0 saturated carbocycles. The smallest absolute Gasteiger partial charge is 0.174 e. The molecule has 256 valence electrons. The van der Waals surface area contributed by atoms with Gasteiger partial charge in [0.1, 0.15) is 34.7 Å². The molecule has 1 aliphatic rings. The molecule has 2 aromatic rings. The van der Waals surface area contributed by atoms with Gasteiger partial charge in [0.25, 0.3) is 0 Å². The van der Waals surface area contributed by atoms with Crippen LogP contribution in [0.3, 0.4) is 0 Å². The summed E-state index contributed by atoms with van der Waals surface area (Å²) in [6.07, 6.45) is 9.19. The van der Waals surface area contributed by atoms with Crippen LogP contribution in [0.1, 0.15) is 114 Å². The van der Waals surface area contributed by atoms with E-state index in [2.05, 4.69) is 57.4 Å². The molecular weight excluding hydrogens is 576 g/mol. The number of benzene rings is 2. The number of rotatable bonds is 22. The molecule has 1 aliphatic heterocycles. The maximum absolute atomic E-state index is 13.6. The largest absolute Gasteiger partial charge is 0.496 e. The van der Waals surface area contributed by atoms with Crippen molar-refractivity contribution in [3.05, 3.63) is 58.7 Å². The molecule has 0 spiro atoms. The molecule has 0 saturated heterocycles. The van der Waals surface area contributed by atoms with Crippen molar-refractivity contribution in [3.63, 3.8) is 0 Å². The number of carbonyl (C=O) groups excluding carboxylic acids is 1. The van der Waals surface area contributed by atoms with Crippen molar-refractivity contribution in [2.75, 3.05) is 59.6 Å². The summed E-state index contributed by atoms with van der Waals surface area (Å²) in [5.41, 5.74) is 3.56. The molecule has 1 atom stereocenters. The number of Topliss-reactive ketones (excluding diaryl/α,β-unsaturated/α-hetero) is 1. The monoisotopic (exact) mass is 636 g/mol. The molecule has 1 heterocycles. The quantitative estimate of drug-likeness (QED) is 0.0947. The van der Waals surface area contributed by atoms with Gasteiger partial charge in [0, 0.05) is 24.7 Å². The van der Waals surface area contributed by atoms with Crippen LogP contribution in [0, 0.1) is 0 Å². The number of nitrogens with zero attached hydrogens (tertiary/aromatic N) is 2. The Morgan fingerprint density at radius 2 is 1.39 bits per heavy atom. The lowest BCUT2D eigenvalue weighted by Crippen LogP contribution is -2.27. The van der Waals surface area contributed by atoms with E-state index in [0.29, 0.717) is 36.7 Å². The van der Waals surface area contributed by atoms with Crippen LogP contribution < -0.4 is 18.9 Å². The number of hydrogen-bond donors (Lipinski definition) is 0. The lowest BCUT2D eigenvalue weighted by molar-refractivity contribution is 0.0841. The highest BCUT2D eigenvalue weighted by atomic mass is 16.5. The summed E-state index contributed by atoms with van der Waals surface area (Å²) in [5.74, 6) is 2.66. The Kier molecular flexibility index (Phi) is 16.5. The van der Waals surface area contributed by atoms with Crippen molar-refractivity contribution in [2.24, 2.45) is 0 Å². The van der Waals surface area contributed by atoms with E-state index in [1.165, 1.54) is 18.4 Å². The zero-order valence-corrected chi connectivity index (χ0v) is 29.8. The number of hydrogen-bond acceptors (Lipinski definition) is 7. The summed E-state index contributed by atoms with van der Waals surface area (Å²) >= 11 is 0. The Balaban J connectivity index is 1.76. The average molecular weight is 637 g/mol. The topological polar surface area (TPSA) is 60.5 Å². The van der Waals surface area contributed by atoms with Gasteiger partial charge in [-0.3, -0.25) is 4.79 Å². The average Bonchev–Trinajstić information content (AvgIpc) is 3.04. The van der Waals surface area contributed by atoms with E-state index in [9.17, 15) is 4.79 Å². The van der Waals surface area contributed by atoms with Crippen molar-refractivity contribution in [1.29, 1.82) is 0 Å². The van der Waals surface area contributed by atoms with Crippen LogP contribution in [0.15, 0.2) is 42.0 Å². The number of ketones is 1. The Morgan fingerprint density at radius 1 is 0.826 bits per heavy atom. The highest BCUT2D eigenvalue weighted by molar-refractivity contribution is 6.03. The third-order valence-corrected chi connectivity index (χ3v) is 8.33. The summed E-state index contributed by atoms with van der Waals surface area (Å²) in [6.45, 7) is 20.9. The molecule has 0 aliphatic carbocycles. The molecule has 7 heteroatoms. The second kappa shape index (κ2) is 20.3. The van der Waals surface area contributed by atoms with Crippen molar-refractivity contribution >= 4 is 5.78 Å². The molecule has 46 heavy (non-hydrogen) atoms. The summed E-state index contributed by atoms with van der Waals surface area (Å²) in [6, 6.07) is 9.88. The van der Waals surface area contributed by atoms with Gasteiger partial charge in [0.05, 0.1) is 26.7 Å². The van der Waals surface area contributed by atoms with Gasteiger partial charge < -0.3 is 28.7 Å². The van der Waals surface area contributed by atoms with Crippen LogP contribution in [-0.2, 0) is 6.42 Å².